The molecule has 0 bridgehead atoms. The van der Waals surface area contributed by atoms with Crippen LogP contribution in [0, 0.1) is 11.6 Å². The van der Waals surface area contributed by atoms with Crippen molar-refractivity contribution in [2.24, 2.45) is 0 Å². The monoisotopic (exact) mass is 235 g/mol. The Morgan fingerprint density at radius 1 is 1.06 bits per heavy atom. The Kier molecular flexibility index (Phi) is 2.95. The van der Waals surface area contributed by atoms with Gasteiger partial charge in [-0.3, -0.25) is 0 Å². The van der Waals surface area contributed by atoms with E-state index in [0.717, 1.165) is 0 Å². The fourth-order valence-electron chi connectivity index (χ4n) is 1.63. The van der Waals surface area contributed by atoms with Gasteiger partial charge < -0.3 is 10.5 Å². The molecule has 0 spiro atoms. The lowest BCUT2D eigenvalue weighted by molar-refractivity contribution is 0.386. The Morgan fingerprint density at radius 3 is 2.41 bits per heavy atom. The van der Waals surface area contributed by atoms with Crippen molar-refractivity contribution < 1.29 is 13.5 Å². The lowest BCUT2D eigenvalue weighted by atomic mass is 10.0. The molecular formula is C13H11F2NO. The number of rotatable bonds is 2. The highest BCUT2D eigenvalue weighted by Crippen LogP contribution is 2.29. The van der Waals surface area contributed by atoms with Crippen LogP contribution in [-0.4, -0.2) is 7.11 Å². The van der Waals surface area contributed by atoms with Crippen molar-refractivity contribution in [2.45, 2.75) is 0 Å². The van der Waals surface area contributed by atoms with Gasteiger partial charge in [-0.1, -0.05) is 6.07 Å². The van der Waals surface area contributed by atoms with Crippen molar-refractivity contribution in [3.05, 3.63) is 48.0 Å². The highest BCUT2D eigenvalue weighted by Gasteiger charge is 2.08. The first-order chi connectivity index (χ1) is 8.11. The summed E-state index contributed by atoms with van der Waals surface area (Å²) in [5.41, 5.74) is 7.13. The summed E-state index contributed by atoms with van der Waals surface area (Å²) in [5, 5.41) is 0. The number of nitrogens with two attached hydrogens (primary N) is 1. The van der Waals surface area contributed by atoms with Crippen LogP contribution >= 0.6 is 0 Å². The second kappa shape index (κ2) is 4.41. The molecule has 2 aromatic carbocycles. The van der Waals surface area contributed by atoms with Gasteiger partial charge in [-0.25, -0.2) is 8.78 Å². The number of ether oxygens (including phenoxy) is 1. The molecule has 0 amide bonds. The molecule has 2 rings (SSSR count). The van der Waals surface area contributed by atoms with E-state index in [-0.39, 0.29) is 11.4 Å². The van der Waals surface area contributed by atoms with Gasteiger partial charge in [0.2, 0.25) is 0 Å². The van der Waals surface area contributed by atoms with Crippen LogP contribution in [0.4, 0.5) is 14.5 Å². The second-order valence-corrected chi connectivity index (χ2v) is 3.58. The van der Waals surface area contributed by atoms with Gasteiger partial charge in [0.15, 0.2) is 11.6 Å². The van der Waals surface area contributed by atoms with Gasteiger partial charge in [-0.15, -0.1) is 0 Å². The van der Waals surface area contributed by atoms with Gasteiger partial charge >= 0.3 is 0 Å². The Hall–Kier alpha value is -2.10. The number of halogens is 2. The highest BCUT2D eigenvalue weighted by molar-refractivity contribution is 5.76. The zero-order valence-electron chi connectivity index (χ0n) is 9.21. The third kappa shape index (κ3) is 2.20. The first-order valence-electron chi connectivity index (χ1n) is 5.01. The number of hydrogen-bond donors (Lipinski definition) is 1. The molecule has 0 unspecified atom stereocenters. The lowest BCUT2D eigenvalue weighted by Gasteiger charge is -2.08. The predicted molar refractivity (Wildman–Crippen MR) is 62.8 cm³/mol. The molecule has 0 fully saturated rings. The van der Waals surface area contributed by atoms with Crippen LogP contribution in [0.15, 0.2) is 36.4 Å². The van der Waals surface area contributed by atoms with E-state index < -0.39 is 11.6 Å². The van der Waals surface area contributed by atoms with E-state index in [1.165, 1.54) is 37.4 Å². The maximum absolute atomic E-state index is 13.5. The lowest BCUT2D eigenvalue weighted by Crippen LogP contribution is -1.93. The fourth-order valence-corrected chi connectivity index (χ4v) is 1.63. The molecule has 2 N–H and O–H groups in total. The number of methoxy groups -OCH3 is 1. The Balaban J connectivity index is 2.50. The molecule has 0 heterocycles. The van der Waals surface area contributed by atoms with Crippen LogP contribution in [0.3, 0.4) is 0 Å². The zero-order valence-corrected chi connectivity index (χ0v) is 9.21. The Labute approximate surface area is 97.6 Å². The van der Waals surface area contributed by atoms with Gasteiger partial charge in [0.1, 0.15) is 5.82 Å². The maximum Gasteiger partial charge on any atom is 0.165 e. The normalized spacial score (nSPS) is 10.3. The highest BCUT2D eigenvalue weighted by atomic mass is 19.1. The summed E-state index contributed by atoms with van der Waals surface area (Å²) in [7, 11) is 1.39. The van der Waals surface area contributed by atoms with Crippen molar-refractivity contribution in [2.75, 3.05) is 12.8 Å². The van der Waals surface area contributed by atoms with Crippen LogP contribution in [0.2, 0.25) is 0 Å². The molecule has 0 aliphatic carbocycles. The first-order valence-corrected chi connectivity index (χ1v) is 5.01. The SMILES string of the molecule is COc1ccc(-c2ccc(F)cc2N)cc1F. The van der Waals surface area contributed by atoms with Gasteiger partial charge in [0, 0.05) is 11.3 Å². The van der Waals surface area contributed by atoms with E-state index in [4.69, 9.17) is 10.5 Å². The standard InChI is InChI=1S/C13H11F2NO/c1-17-13-5-2-8(6-11(13)15)10-4-3-9(14)7-12(10)16/h2-7H,16H2,1H3. The topological polar surface area (TPSA) is 35.2 Å². The van der Waals surface area contributed by atoms with Crippen molar-refractivity contribution in [1.82, 2.24) is 0 Å². The van der Waals surface area contributed by atoms with E-state index >= 15 is 0 Å². The van der Waals surface area contributed by atoms with Gasteiger partial charge in [0.05, 0.1) is 7.11 Å². The van der Waals surface area contributed by atoms with Crippen molar-refractivity contribution >= 4 is 5.69 Å². The maximum atomic E-state index is 13.5. The minimum absolute atomic E-state index is 0.162. The van der Waals surface area contributed by atoms with Crippen molar-refractivity contribution in [3.8, 4) is 16.9 Å². The second-order valence-electron chi connectivity index (χ2n) is 3.58. The summed E-state index contributed by atoms with van der Waals surface area (Å²) >= 11 is 0. The zero-order chi connectivity index (χ0) is 12.4. The fraction of sp³-hybridized carbons (Fsp3) is 0.0769. The number of benzene rings is 2. The van der Waals surface area contributed by atoms with E-state index in [0.29, 0.717) is 11.1 Å². The van der Waals surface area contributed by atoms with E-state index in [2.05, 4.69) is 0 Å². The molecular weight excluding hydrogens is 224 g/mol. The van der Waals surface area contributed by atoms with Crippen LogP contribution < -0.4 is 10.5 Å². The molecule has 17 heavy (non-hydrogen) atoms. The average molecular weight is 235 g/mol. The summed E-state index contributed by atoms with van der Waals surface area (Å²) in [6, 6.07) is 8.50. The molecule has 2 nitrogen and oxygen atoms in total. The number of nitrogen functional groups attached to an aromatic ring is 1. The third-order valence-corrected chi connectivity index (χ3v) is 2.48. The van der Waals surface area contributed by atoms with Gasteiger partial charge in [-0.2, -0.15) is 0 Å². The van der Waals surface area contributed by atoms with Crippen LogP contribution in [0.25, 0.3) is 11.1 Å². The predicted octanol–water partition coefficient (Wildman–Crippen LogP) is 3.22. The Morgan fingerprint density at radius 2 is 1.82 bits per heavy atom. The average Bonchev–Trinajstić information content (AvgIpc) is 2.29. The molecule has 88 valence electrons. The quantitative estimate of drug-likeness (QED) is 0.811. The molecule has 2 aromatic rings. The van der Waals surface area contributed by atoms with E-state index in [1.807, 2.05) is 0 Å². The number of anilines is 1. The van der Waals surface area contributed by atoms with Gasteiger partial charge in [0.25, 0.3) is 0 Å². The smallest absolute Gasteiger partial charge is 0.165 e. The molecule has 0 atom stereocenters. The van der Waals surface area contributed by atoms with Crippen molar-refractivity contribution in [3.63, 3.8) is 0 Å². The van der Waals surface area contributed by atoms with E-state index in [1.54, 1.807) is 6.07 Å². The Bertz CT molecular complexity index is 555. The van der Waals surface area contributed by atoms with E-state index in [9.17, 15) is 8.78 Å². The molecule has 0 aliphatic heterocycles. The summed E-state index contributed by atoms with van der Waals surface area (Å²) in [4.78, 5) is 0. The number of hydrogen-bond acceptors (Lipinski definition) is 2. The van der Waals surface area contributed by atoms with Crippen LogP contribution in [0.5, 0.6) is 5.75 Å². The van der Waals surface area contributed by atoms with Crippen LogP contribution in [0.1, 0.15) is 0 Å². The van der Waals surface area contributed by atoms with Gasteiger partial charge in [-0.05, 0) is 35.9 Å². The summed E-state index contributed by atoms with van der Waals surface area (Å²) in [6.45, 7) is 0. The molecule has 0 aliphatic rings. The molecule has 0 saturated heterocycles. The third-order valence-electron chi connectivity index (χ3n) is 2.48. The minimum atomic E-state index is -0.478. The first kappa shape index (κ1) is 11.4. The minimum Gasteiger partial charge on any atom is -0.494 e. The summed E-state index contributed by atoms with van der Waals surface area (Å²) < 4.78 is 31.2. The van der Waals surface area contributed by atoms with Crippen molar-refractivity contribution in [1.29, 1.82) is 0 Å². The molecule has 0 saturated carbocycles. The molecule has 4 heteroatoms. The molecule has 0 aromatic heterocycles. The largest absolute Gasteiger partial charge is 0.494 e. The van der Waals surface area contributed by atoms with Crippen LogP contribution in [-0.2, 0) is 0 Å². The summed E-state index contributed by atoms with van der Waals surface area (Å²) in [6.07, 6.45) is 0. The summed E-state index contributed by atoms with van der Waals surface area (Å²) in [5.74, 6) is -0.733. The molecule has 0 radical (unpaired) electrons.